The van der Waals surface area contributed by atoms with Gasteiger partial charge in [0, 0.05) is 31.8 Å². The molecule has 1 atom stereocenters. The first-order valence-electron chi connectivity index (χ1n) is 10.4. The van der Waals surface area contributed by atoms with Crippen molar-refractivity contribution in [2.75, 3.05) is 32.8 Å². The van der Waals surface area contributed by atoms with Gasteiger partial charge in [-0.25, -0.2) is 4.79 Å². The van der Waals surface area contributed by atoms with Gasteiger partial charge in [0.25, 0.3) is 5.91 Å². The zero-order valence-corrected chi connectivity index (χ0v) is 17.3. The maximum absolute atomic E-state index is 13.4. The van der Waals surface area contributed by atoms with Crippen molar-refractivity contribution in [3.63, 3.8) is 0 Å². The molecule has 3 amide bonds. The predicted molar refractivity (Wildman–Crippen MR) is 111 cm³/mol. The quantitative estimate of drug-likeness (QED) is 0.636. The molecule has 1 unspecified atom stereocenters. The molecule has 0 radical (unpaired) electrons. The number of urea groups is 1. The Bertz CT molecular complexity index is 802. The van der Waals surface area contributed by atoms with Crippen molar-refractivity contribution in [2.45, 2.75) is 38.6 Å². The summed E-state index contributed by atoms with van der Waals surface area (Å²) in [7, 11) is 0. The molecular formula is C22H29N3O5. The third kappa shape index (κ3) is 5.18. The van der Waals surface area contributed by atoms with Gasteiger partial charge in [0.2, 0.25) is 0 Å². The highest BCUT2D eigenvalue weighted by atomic mass is 16.5. The van der Waals surface area contributed by atoms with Crippen LogP contribution in [0.4, 0.5) is 4.79 Å². The van der Waals surface area contributed by atoms with Crippen molar-refractivity contribution in [3.05, 3.63) is 47.2 Å². The highest BCUT2D eigenvalue weighted by molar-refractivity contribution is 5.98. The number of allylic oxidation sites excluding steroid dienone is 1. The van der Waals surface area contributed by atoms with Crippen LogP contribution in [0.15, 0.2) is 41.6 Å². The number of ether oxygens (including phenoxy) is 1. The topological polar surface area (TPSA) is 99.2 Å². The molecule has 1 aromatic carbocycles. The molecule has 162 valence electrons. The van der Waals surface area contributed by atoms with Gasteiger partial charge < -0.3 is 20.1 Å². The molecule has 0 saturated carbocycles. The van der Waals surface area contributed by atoms with Gasteiger partial charge in [0.05, 0.1) is 24.8 Å². The molecule has 1 fully saturated rings. The van der Waals surface area contributed by atoms with Gasteiger partial charge in [0.15, 0.2) is 0 Å². The molecule has 1 aromatic rings. The van der Waals surface area contributed by atoms with Gasteiger partial charge in [-0.05, 0) is 25.3 Å². The normalized spacial score (nSPS) is 19.6. The van der Waals surface area contributed by atoms with E-state index < -0.39 is 12.0 Å². The monoisotopic (exact) mass is 415 g/mol. The number of morpholine rings is 1. The van der Waals surface area contributed by atoms with Crippen LogP contribution in [0.5, 0.6) is 0 Å². The lowest BCUT2D eigenvalue weighted by Crippen LogP contribution is -2.51. The zero-order chi connectivity index (χ0) is 21.5. The van der Waals surface area contributed by atoms with Crippen LogP contribution in [0, 0.1) is 0 Å². The molecule has 2 N–H and O–H groups in total. The van der Waals surface area contributed by atoms with Crippen LogP contribution in [0.2, 0.25) is 0 Å². The van der Waals surface area contributed by atoms with E-state index >= 15 is 0 Å². The summed E-state index contributed by atoms with van der Waals surface area (Å²) < 4.78 is 5.37. The fourth-order valence-electron chi connectivity index (χ4n) is 3.88. The van der Waals surface area contributed by atoms with Crippen molar-refractivity contribution in [1.82, 2.24) is 15.1 Å². The Hall–Kier alpha value is -2.87. The lowest BCUT2D eigenvalue weighted by molar-refractivity contribution is -0.137. The van der Waals surface area contributed by atoms with Gasteiger partial charge in [-0.3, -0.25) is 14.5 Å². The number of amides is 3. The predicted octanol–water partition coefficient (Wildman–Crippen LogP) is 2.53. The van der Waals surface area contributed by atoms with Crippen LogP contribution in [0.3, 0.4) is 0 Å². The number of hydrogen-bond donors (Lipinski definition) is 2. The van der Waals surface area contributed by atoms with E-state index in [-0.39, 0.29) is 18.4 Å². The standard InChI is InChI=1S/C22H29N3O5/c1-16-19(21(28)24-12-14-30-15-13-24)20(17-8-4-2-5-9-17)23-22(29)25(16)11-7-3-6-10-18(26)27/h2,4-5,8-9,20H,3,6-7,10-15H2,1H3,(H,23,29)(H,26,27). The minimum Gasteiger partial charge on any atom is -0.481 e. The molecule has 0 spiro atoms. The molecule has 8 heteroatoms. The van der Waals surface area contributed by atoms with Crippen molar-refractivity contribution < 1.29 is 24.2 Å². The highest BCUT2D eigenvalue weighted by Gasteiger charge is 2.37. The van der Waals surface area contributed by atoms with Crippen LogP contribution in [-0.4, -0.2) is 65.7 Å². The van der Waals surface area contributed by atoms with Gasteiger partial charge in [-0.2, -0.15) is 0 Å². The molecule has 0 aliphatic carbocycles. The molecule has 0 aromatic heterocycles. The summed E-state index contributed by atoms with van der Waals surface area (Å²) >= 11 is 0. The second-order valence-electron chi connectivity index (χ2n) is 7.55. The minimum absolute atomic E-state index is 0.0828. The second kappa shape index (κ2) is 10.2. The number of carboxylic acid groups (broad SMARTS) is 1. The Morgan fingerprint density at radius 1 is 1.13 bits per heavy atom. The van der Waals surface area contributed by atoms with Gasteiger partial charge in [-0.15, -0.1) is 0 Å². The maximum atomic E-state index is 13.4. The number of nitrogens with zero attached hydrogens (tertiary/aromatic N) is 2. The second-order valence-corrected chi connectivity index (χ2v) is 7.55. The Morgan fingerprint density at radius 3 is 2.50 bits per heavy atom. The molecule has 0 bridgehead atoms. The van der Waals surface area contributed by atoms with E-state index in [1.807, 2.05) is 37.3 Å². The summed E-state index contributed by atoms with van der Waals surface area (Å²) in [6.45, 7) is 4.33. The van der Waals surface area contributed by atoms with Crippen LogP contribution >= 0.6 is 0 Å². The number of benzene rings is 1. The summed E-state index contributed by atoms with van der Waals surface area (Å²) in [6.07, 6.45) is 2.07. The Morgan fingerprint density at radius 2 is 1.83 bits per heavy atom. The number of nitrogens with one attached hydrogen (secondary N) is 1. The van der Waals surface area contributed by atoms with Gasteiger partial charge in [0.1, 0.15) is 0 Å². The number of unbranched alkanes of at least 4 members (excludes halogenated alkanes) is 2. The molecule has 3 rings (SSSR count). The fraction of sp³-hybridized carbons (Fsp3) is 0.500. The number of carboxylic acids is 1. The van der Waals surface area contributed by atoms with E-state index in [1.165, 1.54) is 0 Å². The van der Waals surface area contributed by atoms with Crippen LogP contribution in [-0.2, 0) is 14.3 Å². The smallest absolute Gasteiger partial charge is 0.322 e. The van der Waals surface area contributed by atoms with E-state index in [0.29, 0.717) is 63.4 Å². The maximum Gasteiger partial charge on any atom is 0.322 e. The first-order valence-corrected chi connectivity index (χ1v) is 10.4. The van der Waals surface area contributed by atoms with Crippen molar-refractivity contribution >= 4 is 17.9 Å². The molecule has 1 saturated heterocycles. The van der Waals surface area contributed by atoms with E-state index in [9.17, 15) is 14.4 Å². The van der Waals surface area contributed by atoms with Crippen LogP contribution in [0.1, 0.15) is 44.2 Å². The first kappa shape index (κ1) is 21.8. The summed E-state index contributed by atoms with van der Waals surface area (Å²) in [4.78, 5) is 40.3. The molecule has 2 aliphatic heterocycles. The summed E-state index contributed by atoms with van der Waals surface area (Å²) in [5.41, 5.74) is 2.10. The van der Waals surface area contributed by atoms with E-state index in [2.05, 4.69) is 5.32 Å². The third-order valence-corrected chi connectivity index (χ3v) is 5.53. The molecule has 2 aliphatic rings. The van der Waals surface area contributed by atoms with E-state index in [1.54, 1.807) is 9.80 Å². The van der Waals surface area contributed by atoms with Crippen LogP contribution in [0.25, 0.3) is 0 Å². The number of carbonyl (C=O) groups excluding carboxylic acids is 2. The minimum atomic E-state index is -0.814. The van der Waals surface area contributed by atoms with E-state index in [0.717, 1.165) is 5.56 Å². The molecule has 2 heterocycles. The van der Waals surface area contributed by atoms with Crippen LogP contribution < -0.4 is 5.32 Å². The summed E-state index contributed by atoms with van der Waals surface area (Å²) in [6, 6.07) is 8.76. The summed E-state index contributed by atoms with van der Waals surface area (Å²) in [5.74, 6) is -0.897. The average molecular weight is 415 g/mol. The SMILES string of the molecule is CC1=C(C(=O)N2CCOCC2)C(c2ccccc2)NC(=O)N1CCCCCC(=O)O. The zero-order valence-electron chi connectivity index (χ0n) is 17.3. The lowest BCUT2D eigenvalue weighted by atomic mass is 9.93. The lowest BCUT2D eigenvalue weighted by Gasteiger charge is -2.38. The number of hydrogen-bond acceptors (Lipinski definition) is 4. The van der Waals surface area contributed by atoms with Crippen molar-refractivity contribution in [2.24, 2.45) is 0 Å². The molecule has 30 heavy (non-hydrogen) atoms. The fourth-order valence-corrected chi connectivity index (χ4v) is 3.88. The van der Waals surface area contributed by atoms with E-state index in [4.69, 9.17) is 9.84 Å². The highest BCUT2D eigenvalue weighted by Crippen LogP contribution is 2.32. The Kier molecular flexibility index (Phi) is 7.46. The number of carbonyl (C=O) groups is 3. The average Bonchev–Trinajstić information content (AvgIpc) is 2.75. The largest absolute Gasteiger partial charge is 0.481 e. The first-order chi connectivity index (χ1) is 14.5. The van der Waals surface area contributed by atoms with Gasteiger partial charge >= 0.3 is 12.0 Å². The Balaban J connectivity index is 1.83. The molecular weight excluding hydrogens is 386 g/mol. The third-order valence-electron chi connectivity index (χ3n) is 5.53. The van der Waals surface area contributed by atoms with Crippen molar-refractivity contribution in [1.29, 1.82) is 0 Å². The Labute approximate surface area is 176 Å². The molecule has 8 nitrogen and oxygen atoms in total. The number of rotatable bonds is 8. The van der Waals surface area contributed by atoms with Crippen molar-refractivity contribution in [3.8, 4) is 0 Å². The number of aliphatic carboxylic acids is 1. The summed E-state index contributed by atoms with van der Waals surface area (Å²) in [5, 5.41) is 11.8. The van der Waals surface area contributed by atoms with Gasteiger partial charge in [-0.1, -0.05) is 36.8 Å².